The number of rotatable bonds is 6. The van der Waals surface area contributed by atoms with Gasteiger partial charge in [0.1, 0.15) is 5.75 Å². The summed E-state index contributed by atoms with van der Waals surface area (Å²) < 4.78 is 5.92. The zero-order valence-corrected chi connectivity index (χ0v) is 16.8. The van der Waals surface area contributed by atoms with Gasteiger partial charge in [0, 0.05) is 26.2 Å². The Morgan fingerprint density at radius 1 is 1.04 bits per heavy atom. The molecular weight excluding hydrogens is 324 g/mol. The standard InChI is InChI=1S/C22H36N2O2/c1-21(2)10-4-13-24(18-21)14-5-17-26-20-8-6-19(7-9-20)22(25)11-15-23(3)16-12-22/h6-9,25H,4-5,10-18H2,1-3H3. The van der Waals surface area contributed by atoms with Gasteiger partial charge in [0.2, 0.25) is 0 Å². The van der Waals surface area contributed by atoms with Gasteiger partial charge < -0.3 is 19.6 Å². The molecule has 2 heterocycles. The normalized spacial score (nSPS) is 23.7. The number of likely N-dealkylation sites (tertiary alicyclic amines) is 2. The summed E-state index contributed by atoms with van der Waals surface area (Å²) in [4.78, 5) is 4.85. The highest BCUT2D eigenvalue weighted by Gasteiger charge is 2.32. The molecule has 1 aromatic rings. The van der Waals surface area contributed by atoms with Crippen LogP contribution >= 0.6 is 0 Å². The van der Waals surface area contributed by atoms with Crippen LogP contribution in [0.1, 0.15) is 51.5 Å². The van der Waals surface area contributed by atoms with Gasteiger partial charge >= 0.3 is 0 Å². The second-order valence-electron chi connectivity index (χ2n) is 9.11. The third-order valence-corrected chi connectivity index (χ3v) is 6.07. The van der Waals surface area contributed by atoms with Crippen molar-refractivity contribution < 1.29 is 9.84 Å². The predicted octanol–water partition coefficient (Wildman–Crippen LogP) is 3.49. The Kier molecular flexibility index (Phi) is 6.26. The van der Waals surface area contributed by atoms with E-state index in [2.05, 4.69) is 30.7 Å². The first-order chi connectivity index (χ1) is 12.4. The monoisotopic (exact) mass is 360 g/mol. The Bertz CT molecular complexity index is 562. The second kappa shape index (κ2) is 8.28. The van der Waals surface area contributed by atoms with Gasteiger partial charge in [-0.3, -0.25) is 0 Å². The fraction of sp³-hybridized carbons (Fsp3) is 0.727. The molecule has 4 nitrogen and oxygen atoms in total. The van der Waals surface area contributed by atoms with Crippen molar-refractivity contribution in [2.75, 3.05) is 46.4 Å². The zero-order chi connectivity index (χ0) is 18.6. The van der Waals surface area contributed by atoms with Gasteiger partial charge in [0.25, 0.3) is 0 Å². The first-order valence-corrected chi connectivity index (χ1v) is 10.2. The van der Waals surface area contributed by atoms with Crippen molar-refractivity contribution in [2.24, 2.45) is 5.41 Å². The molecule has 0 atom stereocenters. The van der Waals surface area contributed by atoms with E-state index in [4.69, 9.17) is 4.74 Å². The number of hydrogen-bond donors (Lipinski definition) is 1. The van der Waals surface area contributed by atoms with Crippen molar-refractivity contribution in [1.29, 1.82) is 0 Å². The molecule has 1 N–H and O–H groups in total. The van der Waals surface area contributed by atoms with Crippen LogP contribution in [0.4, 0.5) is 0 Å². The molecular formula is C22H36N2O2. The largest absolute Gasteiger partial charge is 0.494 e. The van der Waals surface area contributed by atoms with E-state index in [0.29, 0.717) is 5.41 Å². The van der Waals surface area contributed by atoms with Crippen LogP contribution in [-0.4, -0.2) is 61.3 Å². The summed E-state index contributed by atoms with van der Waals surface area (Å²) in [7, 11) is 2.11. The van der Waals surface area contributed by atoms with Gasteiger partial charge in [0.15, 0.2) is 0 Å². The first-order valence-electron chi connectivity index (χ1n) is 10.2. The Morgan fingerprint density at radius 3 is 2.38 bits per heavy atom. The minimum atomic E-state index is -0.674. The summed E-state index contributed by atoms with van der Waals surface area (Å²) in [5.74, 6) is 0.907. The Hall–Kier alpha value is -1.10. The van der Waals surface area contributed by atoms with E-state index in [-0.39, 0.29) is 0 Å². The van der Waals surface area contributed by atoms with E-state index in [1.807, 2.05) is 24.3 Å². The molecule has 0 spiro atoms. The number of nitrogens with zero attached hydrogens (tertiary/aromatic N) is 2. The molecule has 0 bridgehead atoms. The lowest BCUT2D eigenvalue weighted by Gasteiger charge is -2.38. The van der Waals surface area contributed by atoms with Crippen LogP contribution in [0, 0.1) is 5.41 Å². The molecule has 1 aromatic carbocycles. The molecule has 0 aromatic heterocycles. The van der Waals surface area contributed by atoms with E-state index < -0.39 is 5.60 Å². The lowest BCUT2D eigenvalue weighted by Crippen LogP contribution is -2.40. The molecule has 2 aliphatic heterocycles. The molecule has 146 valence electrons. The molecule has 26 heavy (non-hydrogen) atoms. The smallest absolute Gasteiger partial charge is 0.119 e. The summed E-state index contributed by atoms with van der Waals surface area (Å²) in [5, 5.41) is 10.9. The average Bonchev–Trinajstić information content (AvgIpc) is 2.61. The summed E-state index contributed by atoms with van der Waals surface area (Å²) in [6.45, 7) is 10.9. The van der Waals surface area contributed by atoms with Gasteiger partial charge in [-0.05, 0) is 68.8 Å². The molecule has 4 heteroatoms. The summed E-state index contributed by atoms with van der Waals surface area (Å²) in [5.41, 5.74) is 0.809. The van der Waals surface area contributed by atoms with Crippen LogP contribution in [0.15, 0.2) is 24.3 Å². The summed E-state index contributed by atoms with van der Waals surface area (Å²) in [6.07, 6.45) is 5.32. The molecule has 2 saturated heterocycles. The van der Waals surface area contributed by atoms with Gasteiger partial charge in [0.05, 0.1) is 12.2 Å². The fourth-order valence-corrected chi connectivity index (χ4v) is 4.35. The van der Waals surface area contributed by atoms with Gasteiger partial charge in [-0.25, -0.2) is 0 Å². The molecule has 0 aliphatic carbocycles. The first kappa shape index (κ1) is 19.7. The zero-order valence-electron chi connectivity index (χ0n) is 16.8. The quantitative estimate of drug-likeness (QED) is 0.788. The molecule has 2 fully saturated rings. The van der Waals surface area contributed by atoms with Crippen LogP contribution in [0.2, 0.25) is 0 Å². The number of aliphatic hydroxyl groups is 1. The van der Waals surface area contributed by atoms with Crippen LogP contribution in [0.25, 0.3) is 0 Å². The summed E-state index contributed by atoms with van der Waals surface area (Å²) >= 11 is 0. The molecule has 0 saturated carbocycles. The molecule has 0 amide bonds. The maximum Gasteiger partial charge on any atom is 0.119 e. The molecule has 0 radical (unpaired) electrons. The minimum absolute atomic E-state index is 0.461. The lowest BCUT2D eigenvalue weighted by atomic mass is 9.84. The third kappa shape index (κ3) is 5.21. The van der Waals surface area contributed by atoms with Crippen molar-refractivity contribution in [3.63, 3.8) is 0 Å². The van der Waals surface area contributed by atoms with Crippen LogP contribution < -0.4 is 4.74 Å². The molecule has 0 unspecified atom stereocenters. The van der Waals surface area contributed by atoms with E-state index in [1.54, 1.807) is 0 Å². The summed E-state index contributed by atoms with van der Waals surface area (Å²) in [6, 6.07) is 8.09. The van der Waals surface area contributed by atoms with Crippen molar-refractivity contribution in [2.45, 2.75) is 51.6 Å². The van der Waals surface area contributed by atoms with Gasteiger partial charge in [-0.1, -0.05) is 26.0 Å². The van der Waals surface area contributed by atoms with Crippen molar-refractivity contribution in [3.8, 4) is 5.75 Å². The Labute approximate surface area is 159 Å². The maximum absolute atomic E-state index is 10.9. The van der Waals surface area contributed by atoms with Crippen LogP contribution in [0.3, 0.4) is 0 Å². The number of hydrogen-bond acceptors (Lipinski definition) is 4. The Morgan fingerprint density at radius 2 is 1.73 bits per heavy atom. The van der Waals surface area contributed by atoms with Gasteiger partial charge in [-0.15, -0.1) is 0 Å². The third-order valence-electron chi connectivity index (χ3n) is 6.07. The highest BCUT2D eigenvalue weighted by molar-refractivity contribution is 5.31. The highest BCUT2D eigenvalue weighted by Crippen LogP contribution is 2.33. The fourth-order valence-electron chi connectivity index (χ4n) is 4.35. The lowest BCUT2D eigenvalue weighted by molar-refractivity contribution is -0.0203. The SMILES string of the molecule is CN1CCC(O)(c2ccc(OCCCN3CCCC(C)(C)C3)cc2)CC1. The van der Waals surface area contributed by atoms with Crippen molar-refractivity contribution in [3.05, 3.63) is 29.8 Å². The van der Waals surface area contributed by atoms with Gasteiger partial charge in [-0.2, -0.15) is 0 Å². The van der Waals surface area contributed by atoms with Crippen molar-refractivity contribution >= 4 is 0 Å². The van der Waals surface area contributed by atoms with E-state index in [9.17, 15) is 5.11 Å². The Balaban J connectivity index is 1.42. The van der Waals surface area contributed by atoms with Crippen LogP contribution in [-0.2, 0) is 5.60 Å². The maximum atomic E-state index is 10.9. The number of benzene rings is 1. The highest BCUT2D eigenvalue weighted by atomic mass is 16.5. The second-order valence-corrected chi connectivity index (χ2v) is 9.11. The van der Waals surface area contributed by atoms with E-state index >= 15 is 0 Å². The van der Waals surface area contributed by atoms with E-state index in [1.165, 1.54) is 25.9 Å². The topological polar surface area (TPSA) is 35.9 Å². The number of piperidine rings is 2. The molecule has 3 rings (SSSR count). The molecule has 2 aliphatic rings. The minimum Gasteiger partial charge on any atom is -0.494 e. The van der Waals surface area contributed by atoms with Crippen LogP contribution in [0.5, 0.6) is 5.75 Å². The number of ether oxygens (including phenoxy) is 1. The van der Waals surface area contributed by atoms with E-state index in [0.717, 1.165) is 56.8 Å². The average molecular weight is 361 g/mol. The van der Waals surface area contributed by atoms with Crippen molar-refractivity contribution in [1.82, 2.24) is 9.80 Å². The predicted molar refractivity (Wildman–Crippen MR) is 107 cm³/mol.